The van der Waals surface area contributed by atoms with E-state index in [2.05, 4.69) is 25.1 Å². The SMILES string of the molecule is Cc1cccc(O)c1C.Oc1ccccc1.[Si]O[Si]. The summed E-state index contributed by atoms with van der Waals surface area (Å²) in [5.74, 6) is 0.706. The summed E-state index contributed by atoms with van der Waals surface area (Å²) in [7, 11) is 5.19. The molecule has 2 aromatic carbocycles. The summed E-state index contributed by atoms with van der Waals surface area (Å²) in [5, 5.41) is 17.7. The molecule has 2 aromatic rings. The maximum Gasteiger partial charge on any atom is 0.229 e. The van der Waals surface area contributed by atoms with Crippen LogP contribution in [0.15, 0.2) is 48.5 Å². The van der Waals surface area contributed by atoms with Crippen molar-refractivity contribution in [1.29, 1.82) is 0 Å². The van der Waals surface area contributed by atoms with Gasteiger partial charge in [-0.25, -0.2) is 0 Å². The number of para-hydroxylation sites is 1. The number of hydrogen-bond acceptors (Lipinski definition) is 3. The highest BCUT2D eigenvalue weighted by molar-refractivity contribution is 6.15. The minimum Gasteiger partial charge on any atom is -0.508 e. The van der Waals surface area contributed by atoms with Gasteiger partial charge in [0.25, 0.3) is 0 Å². The fourth-order valence-corrected chi connectivity index (χ4v) is 1.16. The molecule has 0 heterocycles. The number of aromatic hydroxyl groups is 2. The highest BCUT2D eigenvalue weighted by atomic mass is 28.3. The number of phenols is 2. The third kappa shape index (κ3) is 8.20. The highest BCUT2D eigenvalue weighted by Gasteiger charge is 1.94. The molecule has 0 saturated heterocycles. The molecule has 0 amide bonds. The van der Waals surface area contributed by atoms with Gasteiger partial charge in [0.05, 0.1) is 0 Å². The first-order valence-electron chi connectivity index (χ1n) is 5.51. The van der Waals surface area contributed by atoms with Crippen molar-refractivity contribution in [3.05, 3.63) is 59.7 Å². The van der Waals surface area contributed by atoms with Gasteiger partial charge >= 0.3 is 0 Å². The Morgan fingerprint density at radius 2 is 1.37 bits per heavy atom. The molecule has 2 N–H and O–H groups in total. The van der Waals surface area contributed by atoms with E-state index in [1.54, 1.807) is 30.3 Å². The number of phenolic OH excluding ortho intramolecular Hbond substituents is 2. The van der Waals surface area contributed by atoms with Gasteiger partial charge in [-0.2, -0.15) is 0 Å². The van der Waals surface area contributed by atoms with Gasteiger partial charge in [0, 0.05) is 0 Å². The summed E-state index contributed by atoms with van der Waals surface area (Å²) in [6.45, 7) is 3.89. The Labute approximate surface area is 121 Å². The summed E-state index contributed by atoms with van der Waals surface area (Å²) in [4.78, 5) is 0. The Bertz CT molecular complexity index is 441. The first-order valence-corrected chi connectivity index (χ1v) is 6.33. The van der Waals surface area contributed by atoms with Gasteiger partial charge in [-0.1, -0.05) is 30.3 Å². The molecule has 0 aliphatic heterocycles. The summed E-state index contributed by atoms with van der Waals surface area (Å²) >= 11 is 0. The predicted molar refractivity (Wildman–Crippen MR) is 78.3 cm³/mol. The van der Waals surface area contributed by atoms with Gasteiger partial charge in [0.1, 0.15) is 11.5 Å². The topological polar surface area (TPSA) is 49.7 Å². The minimum atomic E-state index is 0.322. The molecule has 0 saturated carbocycles. The second-order valence-corrected chi connectivity index (χ2v) is 4.47. The van der Waals surface area contributed by atoms with Crippen molar-refractivity contribution < 1.29 is 14.3 Å². The normalized spacial score (nSPS) is 8.63. The molecule has 0 unspecified atom stereocenters. The second-order valence-electron chi connectivity index (χ2n) is 3.66. The summed E-state index contributed by atoms with van der Waals surface area (Å²) < 4.78 is 3.86. The molecule has 6 radical (unpaired) electrons. The fraction of sp³-hybridized carbons (Fsp3) is 0.143. The van der Waals surface area contributed by atoms with Gasteiger partial charge in [-0.3, -0.25) is 0 Å². The largest absolute Gasteiger partial charge is 0.508 e. The van der Waals surface area contributed by atoms with Crippen LogP contribution in [0.25, 0.3) is 0 Å². The van der Waals surface area contributed by atoms with Crippen LogP contribution in [-0.2, 0) is 4.12 Å². The quantitative estimate of drug-likeness (QED) is 0.733. The van der Waals surface area contributed by atoms with Crippen LogP contribution in [0.4, 0.5) is 0 Å². The number of rotatable bonds is 0. The van der Waals surface area contributed by atoms with E-state index in [0.717, 1.165) is 11.1 Å². The van der Waals surface area contributed by atoms with Gasteiger partial charge in [-0.05, 0) is 43.2 Å². The monoisotopic (exact) mass is 288 g/mol. The molecule has 0 fully saturated rings. The van der Waals surface area contributed by atoms with Crippen LogP contribution in [0.1, 0.15) is 11.1 Å². The van der Waals surface area contributed by atoms with Crippen molar-refractivity contribution in [3.8, 4) is 11.5 Å². The van der Waals surface area contributed by atoms with E-state index in [1.165, 1.54) is 0 Å². The van der Waals surface area contributed by atoms with E-state index < -0.39 is 0 Å². The third-order valence-corrected chi connectivity index (χ3v) is 2.33. The van der Waals surface area contributed by atoms with E-state index in [-0.39, 0.29) is 0 Å². The molecule has 3 nitrogen and oxygen atoms in total. The van der Waals surface area contributed by atoms with Crippen LogP contribution in [0.3, 0.4) is 0 Å². The maximum absolute atomic E-state index is 9.10. The van der Waals surface area contributed by atoms with Crippen LogP contribution in [0.5, 0.6) is 11.5 Å². The Balaban J connectivity index is 0.000000289. The maximum atomic E-state index is 9.10. The van der Waals surface area contributed by atoms with Gasteiger partial charge in [-0.15, -0.1) is 0 Å². The third-order valence-electron chi connectivity index (χ3n) is 2.33. The lowest BCUT2D eigenvalue weighted by atomic mass is 10.1. The van der Waals surface area contributed by atoms with E-state index in [4.69, 9.17) is 10.2 Å². The first kappa shape index (κ1) is 17.4. The summed E-state index contributed by atoms with van der Waals surface area (Å²) in [6, 6.07) is 14.2. The molecule has 98 valence electrons. The molecule has 5 heteroatoms. The Hall–Kier alpha value is -1.57. The molecule has 0 spiro atoms. The predicted octanol–water partition coefficient (Wildman–Crippen LogP) is 2.57. The van der Waals surface area contributed by atoms with Crippen molar-refractivity contribution >= 4 is 21.0 Å². The van der Waals surface area contributed by atoms with Gasteiger partial charge < -0.3 is 14.3 Å². The highest BCUT2D eigenvalue weighted by Crippen LogP contribution is 2.17. The lowest BCUT2D eigenvalue weighted by molar-refractivity contribution is 0.470. The van der Waals surface area contributed by atoms with Crippen LogP contribution in [-0.4, -0.2) is 31.2 Å². The minimum absolute atomic E-state index is 0.322. The molecular weight excluding hydrogens is 272 g/mol. The Kier molecular flexibility index (Phi) is 9.51. The number of aryl methyl sites for hydroxylation is 1. The van der Waals surface area contributed by atoms with E-state index in [0.29, 0.717) is 11.5 Å². The second kappa shape index (κ2) is 10.4. The summed E-state index contributed by atoms with van der Waals surface area (Å²) in [6.07, 6.45) is 0. The number of benzene rings is 2. The van der Waals surface area contributed by atoms with Crippen molar-refractivity contribution in [1.82, 2.24) is 0 Å². The van der Waals surface area contributed by atoms with Crippen molar-refractivity contribution in [3.63, 3.8) is 0 Å². The summed E-state index contributed by atoms with van der Waals surface area (Å²) in [5.41, 5.74) is 2.10. The molecular formula is C14H16O3Si2. The zero-order valence-corrected chi connectivity index (χ0v) is 12.9. The average Bonchev–Trinajstić information content (AvgIpc) is 2.38. The fourth-order valence-electron chi connectivity index (χ4n) is 1.16. The molecule has 0 bridgehead atoms. The van der Waals surface area contributed by atoms with E-state index in [1.807, 2.05) is 32.0 Å². The van der Waals surface area contributed by atoms with Crippen LogP contribution in [0.2, 0.25) is 0 Å². The molecule has 0 aromatic heterocycles. The van der Waals surface area contributed by atoms with Crippen LogP contribution >= 0.6 is 0 Å². The molecule has 0 aliphatic rings. The zero-order valence-electron chi connectivity index (χ0n) is 10.9. The molecule has 19 heavy (non-hydrogen) atoms. The first-order chi connectivity index (χ1) is 9.02. The van der Waals surface area contributed by atoms with Crippen molar-refractivity contribution in [2.45, 2.75) is 13.8 Å². The standard InChI is InChI=1S/C8H10O.C6H6O.OSi2/c1-6-4-3-5-8(9)7(6)2;7-6-4-2-1-3-5-6;2-1-3/h3-5,9H,1-2H3;1-5,7H;. The van der Waals surface area contributed by atoms with Crippen molar-refractivity contribution in [2.75, 3.05) is 0 Å². The molecule has 0 atom stereocenters. The van der Waals surface area contributed by atoms with Crippen LogP contribution < -0.4 is 0 Å². The molecule has 2 rings (SSSR count). The smallest absolute Gasteiger partial charge is 0.229 e. The molecule has 0 aliphatic carbocycles. The lowest BCUT2D eigenvalue weighted by Crippen LogP contribution is -1.78. The van der Waals surface area contributed by atoms with E-state index >= 15 is 0 Å². The van der Waals surface area contributed by atoms with Crippen molar-refractivity contribution in [2.24, 2.45) is 0 Å². The van der Waals surface area contributed by atoms with Gasteiger partial charge in [0.15, 0.2) is 0 Å². The lowest BCUT2D eigenvalue weighted by Gasteiger charge is -1.99. The average molecular weight is 288 g/mol. The van der Waals surface area contributed by atoms with E-state index in [9.17, 15) is 0 Å². The number of hydrogen-bond donors (Lipinski definition) is 2. The van der Waals surface area contributed by atoms with Gasteiger partial charge in [0.2, 0.25) is 21.0 Å². The zero-order chi connectivity index (χ0) is 14.7. The Morgan fingerprint density at radius 1 is 0.842 bits per heavy atom. The van der Waals surface area contributed by atoms with Crippen LogP contribution in [0, 0.1) is 13.8 Å². The Morgan fingerprint density at radius 3 is 1.68 bits per heavy atom.